The maximum atomic E-state index is 12.1. The maximum absolute atomic E-state index is 12.1. The topological polar surface area (TPSA) is 41.1 Å². The van der Waals surface area contributed by atoms with Gasteiger partial charge >= 0.3 is 6.43 Å². The number of carbonyl (C=O) groups is 1. The van der Waals surface area contributed by atoms with Gasteiger partial charge < -0.3 is 10.6 Å². The second-order valence-corrected chi connectivity index (χ2v) is 3.66. The molecule has 2 rings (SSSR count). The molecule has 16 heavy (non-hydrogen) atoms. The van der Waals surface area contributed by atoms with Crippen LogP contribution in [0.5, 0.6) is 0 Å². The van der Waals surface area contributed by atoms with Crippen molar-refractivity contribution in [2.45, 2.75) is 19.4 Å². The molecule has 0 unspecified atom stereocenters. The van der Waals surface area contributed by atoms with Gasteiger partial charge in [0.25, 0.3) is 5.91 Å². The Morgan fingerprint density at radius 1 is 1.44 bits per heavy atom. The molecular weight excluding hydrogens is 214 g/mol. The number of alkyl halides is 2. The van der Waals surface area contributed by atoms with Gasteiger partial charge in [0, 0.05) is 12.2 Å². The number of rotatable bonds is 2. The van der Waals surface area contributed by atoms with Crippen molar-refractivity contribution in [1.82, 2.24) is 5.32 Å². The molecule has 0 aliphatic carbocycles. The molecule has 0 spiro atoms. The standard InChI is InChI=1S/C11H12F2N2O/c12-10(13)11(16)15-9-3-1-2-7-4-5-14-6-8(7)9/h1-3,10,14H,4-6H2,(H,15,16). The molecular formula is C11H12F2N2O. The van der Waals surface area contributed by atoms with Gasteiger partial charge in [-0.15, -0.1) is 0 Å². The molecule has 1 aromatic rings. The van der Waals surface area contributed by atoms with Gasteiger partial charge in [-0.05, 0) is 30.2 Å². The van der Waals surface area contributed by atoms with Gasteiger partial charge in [-0.2, -0.15) is 8.78 Å². The molecule has 1 aliphatic heterocycles. The SMILES string of the molecule is O=C(Nc1cccc2c1CNCC2)C(F)F. The van der Waals surface area contributed by atoms with Crippen molar-refractivity contribution in [3.8, 4) is 0 Å². The summed E-state index contributed by atoms with van der Waals surface area (Å²) in [4.78, 5) is 10.9. The average molecular weight is 226 g/mol. The van der Waals surface area contributed by atoms with Crippen LogP contribution in [0.4, 0.5) is 14.5 Å². The van der Waals surface area contributed by atoms with Crippen LogP contribution in [-0.2, 0) is 17.8 Å². The highest BCUT2D eigenvalue weighted by Gasteiger charge is 2.18. The number of hydrogen-bond acceptors (Lipinski definition) is 2. The summed E-state index contributed by atoms with van der Waals surface area (Å²) in [5.41, 5.74) is 2.49. The van der Waals surface area contributed by atoms with Gasteiger partial charge in [0.2, 0.25) is 0 Å². The predicted molar refractivity (Wildman–Crippen MR) is 56.5 cm³/mol. The highest BCUT2D eigenvalue weighted by Crippen LogP contribution is 2.23. The maximum Gasteiger partial charge on any atom is 0.315 e. The molecule has 0 saturated heterocycles. The van der Waals surface area contributed by atoms with E-state index in [4.69, 9.17) is 0 Å². The Bertz CT molecular complexity index is 407. The lowest BCUT2D eigenvalue weighted by Crippen LogP contribution is -2.27. The van der Waals surface area contributed by atoms with E-state index in [1.807, 2.05) is 6.07 Å². The second kappa shape index (κ2) is 4.57. The predicted octanol–water partition coefficient (Wildman–Crippen LogP) is 1.54. The molecule has 2 N–H and O–H groups in total. The Hall–Kier alpha value is -1.49. The monoisotopic (exact) mass is 226 g/mol. The highest BCUT2D eigenvalue weighted by molar-refractivity contribution is 5.93. The molecule has 1 aliphatic rings. The summed E-state index contributed by atoms with van der Waals surface area (Å²) in [6, 6.07) is 5.37. The first-order valence-corrected chi connectivity index (χ1v) is 5.09. The number of benzene rings is 1. The molecule has 0 aromatic heterocycles. The molecule has 0 saturated carbocycles. The summed E-state index contributed by atoms with van der Waals surface area (Å²) >= 11 is 0. The Labute approximate surface area is 91.8 Å². The Morgan fingerprint density at radius 2 is 2.25 bits per heavy atom. The van der Waals surface area contributed by atoms with Crippen LogP contribution in [0, 0.1) is 0 Å². The van der Waals surface area contributed by atoms with Crippen molar-refractivity contribution in [1.29, 1.82) is 0 Å². The van der Waals surface area contributed by atoms with Crippen molar-refractivity contribution in [3.63, 3.8) is 0 Å². The van der Waals surface area contributed by atoms with E-state index in [1.54, 1.807) is 12.1 Å². The number of anilines is 1. The average Bonchev–Trinajstić information content (AvgIpc) is 2.29. The van der Waals surface area contributed by atoms with Gasteiger partial charge in [0.1, 0.15) is 0 Å². The fourth-order valence-corrected chi connectivity index (χ4v) is 1.82. The Morgan fingerprint density at radius 3 is 3.00 bits per heavy atom. The van der Waals surface area contributed by atoms with Crippen LogP contribution in [0.2, 0.25) is 0 Å². The molecule has 0 bridgehead atoms. The fourth-order valence-electron chi connectivity index (χ4n) is 1.82. The Kier molecular flexibility index (Phi) is 3.14. The van der Waals surface area contributed by atoms with Gasteiger partial charge in [0.15, 0.2) is 0 Å². The van der Waals surface area contributed by atoms with Gasteiger partial charge in [0.05, 0.1) is 0 Å². The van der Waals surface area contributed by atoms with E-state index >= 15 is 0 Å². The van der Waals surface area contributed by atoms with Crippen molar-refractivity contribution >= 4 is 11.6 Å². The lowest BCUT2D eigenvalue weighted by molar-refractivity contribution is -0.126. The largest absolute Gasteiger partial charge is 0.321 e. The zero-order chi connectivity index (χ0) is 11.5. The van der Waals surface area contributed by atoms with E-state index in [9.17, 15) is 13.6 Å². The number of fused-ring (bicyclic) bond motifs is 1. The molecule has 3 nitrogen and oxygen atoms in total. The third kappa shape index (κ3) is 2.19. The highest BCUT2D eigenvalue weighted by atomic mass is 19.3. The van der Waals surface area contributed by atoms with Crippen LogP contribution in [-0.4, -0.2) is 18.9 Å². The lowest BCUT2D eigenvalue weighted by Gasteiger charge is -2.20. The van der Waals surface area contributed by atoms with Gasteiger partial charge in [-0.25, -0.2) is 0 Å². The van der Waals surface area contributed by atoms with E-state index in [1.165, 1.54) is 0 Å². The number of carbonyl (C=O) groups excluding carboxylic acids is 1. The first-order chi connectivity index (χ1) is 7.68. The first kappa shape index (κ1) is 11.0. The molecule has 5 heteroatoms. The lowest BCUT2D eigenvalue weighted by atomic mass is 9.99. The van der Waals surface area contributed by atoms with E-state index in [2.05, 4.69) is 10.6 Å². The van der Waals surface area contributed by atoms with Gasteiger partial charge in [-0.1, -0.05) is 12.1 Å². The minimum Gasteiger partial charge on any atom is -0.321 e. The van der Waals surface area contributed by atoms with Crippen LogP contribution >= 0.6 is 0 Å². The minimum absolute atomic E-state index is 0.481. The summed E-state index contributed by atoms with van der Waals surface area (Å²) < 4.78 is 24.2. The van der Waals surface area contributed by atoms with Crippen LogP contribution < -0.4 is 10.6 Å². The summed E-state index contributed by atoms with van der Waals surface area (Å²) in [5.74, 6) is -1.25. The molecule has 86 valence electrons. The zero-order valence-corrected chi connectivity index (χ0v) is 8.59. The number of nitrogens with one attached hydrogen (secondary N) is 2. The minimum atomic E-state index is -2.98. The first-order valence-electron chi connectivity index (χ1n) is 5.09. The fraction of sp³-hybridized carbons (Fsp3) is 0.364. The van der Waals surface area contributed by atoms with Crippen LogP contribution in [0.15, 0.2) is 18.2 Å². The van der Waals surface area contributed by atoms with Crippen LogP contribution in [0.25, 0.3) is 0 Å². The van der Waals surface area contributed by atoms with E-state index in [0.717, 1.165) is 24.1 Å². The number of hydrogen-bond donors (Lipinski definition) is 2. The molecule has 1 aromatic carbocycles. The molecule has 0 fully saturated rings. The molecule has 1 heterocycles. The van der Waals surface area contributed by atoms with Crippen molar-refractivity contribution in [3.05, 3.63) is 29.3 Å². The summed E-state index contributed by atoms with van der Waals surface area (Å²) in [5, 5.41) is 5.39. The number of halogens is 2. The smallest absolute Gasteiger partial charge is 0.315 e. The quantitative estimate of drug-likeness (QED) is 0.803. The van der Waals surface area contributed by atoms with Crippen molar-refractivity contribution < 1.29 is 13.6 Å². The molecule has 0 atom stereocenters. The Balaban J connectivity index is 2.24. The molecule has 0 radical (unpaired) electrons. The molecule has 1 amide bonds. The van der Waals surface area contributed by atoms with Gasteiger partial charge in [-0.3, -0.25) is 4.79 Å². The second-order valence-electron chi connectivity index (χ2n) is 3.66. The van der Waals surface area contributed by atoms with E-state index in [0.29, 0.717) is 12.2 Å². The summed E-state index contributed by atoms with van der Waals surface area (Å²) in [6.07, 6.45) is -2.12. The third-order valence-electron chi connectivity index (χ3n) is 2.60. The van der Waals surface area contributed by atoms with Crippen LogP contribution in [0.1, 0.15) is 11.1 Å². The normalized spacial score (nSPS) is 14.7. The third-order valence-corrected chi connectivity index (χ3v) is 2.60. The summed E-state index contributed by atoms with van der Waals surface area (Å²) in [7, 11) is 0. The van der Waals surface area contributed by atoms with Crippen molar-refractivity contribution in [2.24, 2.45) is 0 Å². The van der Waals surface area contributed by atoms with E-state index in [-0.39, 0.29) is 0 Å². The number of amides is 1. The summed E-state index contributed by atoms with van der Waals surface area (Å²) in [6.45, 7) is 1.48. The van der Waals surface area contributed by atoms with E-state index < -0.39 is 12.3 Å². The van der Waals surface area contributed by atoms with Crippen molar-refractivity contribution in [2.75, 3.05) is 11.9 Å². The van der Waals surface area contributed by atoms with Crippen LogP contribution in [0.3, 0.4) is 0 Å². The zero-order valence-electron chi connectivity index (χ0n) is 8.59.